The van der Waals surface area contributed by atoms with E-state index in [9.17, 15) is 4.79 Å². The largest absolute Gasteiger partial charge is 0.337 e. The van der Waals surface area contributed by atoms with E-state index in [4.69, 9.17) is 5.73 Å². The molecule has 20 heavy (non-hydrogen) atoms. The Hall–Kier alpha value is -2.13. The molecular weight excluding hydrogens is 248 g/mol. The first-order valence-electron chi connectivity index (χ1n) is 6.70. The predicted molar refractivity (Wildman–Crippen MR) is 81.3 cm³/mol. The zero-order chi connectivity index (χ0) is 14.5. The minimum absolute atomic E-state index is 0.0147. The number of carbonyl (C=O) groups excluding carboxylic acids is 1. The van der Waals surface area contributed by atoms with Gasteiger partial charge >= 0.3 is 0 Å². The molecular formula is C17H20N2O. The van der Waals surface area contributed by atoms with Crippen LogP contribution in [0.25, 0.3) is 0 Å². The van der Waals surface area contributed by atoms with Crippen LogP contribution >= 0.6 is 0 Å². The zero-order valence-corrected chi connectivity index (χ0v) is 12.0. The molecule has 0 aliphatic heterocycles. The van der Waals surface area contributed by atoms with E-state index >= 15 is 0 Å². The topological polar surface area (TPSA) is 46.3 Å². The lowest BCUT2D eigenvalue weighted by atomic mass is 10.1. The maximum atomic E-state index is 12.4. The third-order valence-corrected chi connectivity index (χ3v) is 3.30. The smallest absolute Gasteiger partial charge is 0.253 e. The average molecular weight is 268 g/mol. The van der Waals surface area contributed by atoms with E-state index in [0.29, 0.717) is 18.7 Å². The summed E-state index contributed by atoms with van der Waals surface area (Å²) < 4.78 is 0. The van der Waals surface area contributed by atoms with Crippen molar-refractivity contribution in [3.8, 4) is 0 Å². The summed E-state index contributed by atoms with van der Waals surface area (Å²) in [6.45, 7) is 3.10. The van der Waals surface area contributed by atoms with Crippen LogP contribution in [0.4, 0.5) is 0 Å². The first-order chi connectivity index (χ1) is 9.60. The Morgan fingerprint density at radius 1 is 1.10 bits per heavy atom. The number of amides is 1. The normalized spacial score (nSPS) is 10.3. The molecule has 2 N–H and O–H groups in total. The van der Waals surface area contributed by atoms with Crippen LogP contribution in [0.2, 0.25) is 0 Å². The SMILES string of the molecule is Cc1ccc(CN(C)C(=O)c2cccc(CN)c2)cc1. The van der Waals surface area contributed by atoms with Crippen LogP contribution in [-0.4, -0.2) is 17.9 Å². The molecule has 104 valence electrons. The van der Waals surface area contributed by atoms with E-state index in [0.717, 1.165) is 11.1 Å². The minimum atomic E-state index is 0.0147. The van der Waals surface area contributed by atoms with Crippen molar-refractivity contribution in [2.24, 2.45) is 5.73 Å². The monoisotopic (exact) mass is 268 g/mol. The molecule has 2 aromatic carbocycles. The Morgan fingerprint density at radius 2 is 1.80 bits per heavy atom. The van der Waals surface area contributed by atoms with E-state index in [1.54, 1.807) is 4.90 Å². The van der Waals surface area contributed by atoms with Crippen molar-refractivity contribution < 1.29 is 4.79 Å². The lowest BCUT2D eigenvalue weighted by Crippen LogP contribution is -2.26. The van der Waals surface area contributed by atoms with Gasteiger partial charge in [-0.2, -0.15) is 0 Å². The van der Waals surface area contributed by atoms with E-state index in [2.05, 4.69) is 31.2 Å². The van der Waals surface area contributed by atoms with Crippen LogP contribution in [0.3, 0.4) is 0 Å². The third-order valence-electron chi connectivity index (χ3n) is 3.30. The van der Waals surface area contributed by atoms with E-state index in [-0.39, 0.29) is 5.91 Å². The molecule has 3 nitrogen and oxygen atoms in total. The third kappa shape index (κ3) is 3.45. The second-order valence-corrected chi connectivity index (χ2v) is 5.05. The highest BCUT2D eigenvalue weighted by atomic mass is 16.2. The summed E-state index contributed by atoms with van der Waals surface area (Å²) >= 11 is 0. The standard InChI is InChI=1S/C17H20N2O/c1-13-6-8-14(9-7-13)12-19(2)17(20)16-5-3-4-15(10-16)11-18/h3-10H,11-12,18H2,1-2H3. The van der Waals surface area contributed by atoms with Crippen LogP contribution in [-0.2, 0) is 13.1 Å². The number of rotatable bonds is 4. The minimum Gasteiger partial charge on any atom is -0.337 e. The molecule has 0 atom stereocenters. The summed E-state index contributed by atoms with van der Waals surface area (Å²) in [6, 6.07) is 15.7. The van der Waals surface area contributed by atoms with Gasteiger partial charge in [0, 0.05) is 25.7 Å². The van der Waals surface area contributed by atoms with Gasteiger partial charge in [-0.05, 0) is 30.2 Å². The molecule has 0 aliphatic carbocycles. The fraction of sp³-hybridized carbons (Fsp3) is 0.235. The summed E-state index contributed by atoms with van der Waals surface area (Å²) in [4.78, 5) is 14.1. The lowest BCUT2D eigenvalue weighted by Gasteiger charge is -2.18. The first kappa shape index (κ1) is 14.3. The van der Waals surface area contributed by atoms with Crippen LogP contribution < -0.4 is 5.73 Å². The molecule has 1 amide bonds. The molecule has 0 aliphatic rings. The van der Waals surface area contributed by atoms with E-state index in [1.165, 1.54) is 5.56 Å². The van der Waals surface area contributed by atoms with Crippen molar-refractivity contribution in [2.75, 3.05) is 7.05 Å². The second-order valence-electron chi connectivity index (χ2n) is 5.05. The van der Waals surface area contributed by atoms with Crippen molar-refractivity contribution in [1.82, 2.24) is 4.90 Å². The fourth-order valence-corrected chi connectivity index (χ4v) is 2.09. The molecule has 2 rings (SSSR count). The number of nitrogens with two attached hydrogens (primary N) is 1. The Kier molecular flexibility index (Phi) is 4.53. The molecule has 0 heterocycles. The fourth-order valence-electron chi connectivity index (χ4n) is 2.09. The highest BCUT2D eigenvalue weighted by molar-refractivity contribution is 5.94. The maximum Gasteiger partial charge on any atom is 0.253 e. The summed E-state index contributed by atoms with van der Waals surface area (Å²) in [5.41, 5.74) is 9.61. The first-order valence-corrected chi connectivity index (χ1v) is 6.70. The van der Waals surface area contributed by atoms with Crippen LogP contribution in [0.15, 0.2) is 48.5 Å². The van der Waals surface area contributed by atoms with Gasteiger partial charge in [0.25, 0.3) is 5.91 Å². The molecule has 0 saturated carbocycles. The number of carbonyl (C=O) groups is 1. The number of hydrogen-bond acceptors (Lipinski definition) is 2. The molecule has 0 bridgehead atoms. The van der Waals surface area contributed by atoms with Crippen LogP contribution in [0.1, 0.15) is 27.0 Å². The van der Waals surface area contributed by atoms with Crippen molar-refractivity contribution in [3.05, 3.63) is 70.8 Å². The van der Waals surface area contributed by atoms with Gasteiger partial charge in [0.2, 0.25) is 0 Å². The van der Waals surface area contributed by atoms with Crippen LogP contribution in [0.5, 0.6) is 0 Å². The van der Waals surface area contributed by atoms with Crippen molar-refractivity contribution in [1.29, 1.82) is 0 Å². The Bertz CT molecular complexity index is 590. The maximum absolute atomic E-state index is 12.4. The quantitative estimate of drug-likeness (QED) is 0.926. The summed E-state index contributed by atoms with van der Waals surface area (Å²) in [5.74, 6) is 0.0147. The van der Waals surface area contributed by atoms with Gasteiger partial charge in [0.1, 0.15) is 0 Å². The van der Waals surface area contributed by atoms with E-state index < -0.39 is 0 Å². The Balaban J connectivity index is 2.09. The van der Waals surface area contributed by atoms with Crippen molar-refractivity contribution in [2.45, 2.75) is 20.0 Å². The van der Waals surface area contributed by atoms with Crippen molar-refractivity contribution >= 4 is 5.91 Å². The number of hydrogen-bond donors (Lipinski definition) is 1. The van der Waals surface area contributed by atoms with Gasteiger partial charge < -0.3 is 10.6 Å². The number of benzene rings is 2. The second kappa shape index (κ2) is 6.35. The summed E-state index contributed by atoms with van der Waals surface area (Å²) in [5, 5.41) is 0. The molecule has 0 aromatic heterocycles. The zero-order valence-electron chi connectivity index (χ0n) is 12.0. The predicted octanol–water partition coefficient (Wildman–Crippen LogP) is 2.73. The van der Waals surface area contributed by atoms with Gasteiger partial charge in [-0.1, -0.05) is 42.0 Å². The molecule has 0 spiro atoms. The van der Waals surface area contributed by atoms with E-state index in [1.807, 2.05) is 31.3 Å². The van der Waals surface area contributed by atoms with Gasteiger partial charge in [-0.25, -0.2) is 0 Å². The van der Waals surface area contributed by atoms with Crippen LogP contribution in [0, 0.1) is 6.92 Å². The molecule has 2 aromatic rings. The Morgan fingerprint density at radius 3 is 2.45 bits per heavy atom. The molecule has 0 fully saturated rings. The molecule has 0 unspecified atom stereocenters. The summed E-state index contributed by atoms with van der Waals surface area (Å²) in [6.07, 6.45) is 0. The highest BCUT2D eigenvalue weighted by Gasteiger charge is 2.12. The molecule has 0 radical (unpaired) electrons. The average Bonchev–Trinajstić information content (AvgIpc) is 2.48. The number of aryl methyl sites for hydroxylation is 1. The van der Waals surface area contributed by atoms with Gasteiger partial charge in [0.05, 0.1) is 0 Å². The molecule has 0 saturated heterocycles. The summed E-state index contributed by atoms with van der Waals surface area (Å²) in [7, 11) is 1.82. The number of nitrogens with zero attached hydrogens (tertiary/aromatic N) is 1. The lowest BCUT2D eigenvalue weighted by molar-refractivity contribution is 0.0785. The van der Waals surface area contributed by atoms with Crippen molar-refractivity contribution in [3.63, 3.8) is 0 Å². The van der Waals surface area contributed by atoms with Gasteiger partial charge in [-0.15, -0.1) is 0 Å². The van der Waals surface area contributed by atoms with Gasteiger partial charge in [-0.3, -0.25) is 4.79 Å². The Labute approximate surface area is 120 Å². The molecule has 3 heteroatoms. The van der Waals surface area contributed by atoms with Gasteiger partial charge in [0.15, 0.2) is 0 Å². The highest BCUT2D eigenvalue weighted by Crippen LogP contribution is 2.11.